The number of methoxy groups -OCH3 is 1. The van der Waals surface area contributed by atoms with Crippen molar-refractivity contribution in [2.75, 3.05) is 20.3 Å². The standard InChI is InChI=1S/C22H28N2O4/c1-5-23-22(26)17(3)24(14-18-7-6-8-20(13-18)27-4)21(25)15-28-19-11-9-16(2)10-12-19/h6-13,17H,5,14-15H2,1-4H3,(H,23,26)/t17-/m0/s1. The summed E-state index contributed by atoms with van der Waals surface area (Å²) in [5.41, 5.74) is 1.99. The average molecular weight is 384 g/mol. The first-order valence-electron chi connectivity index (χ1n) is 9.34. The van der Waals surface area contributed by atoms with Crippen LogP contribution >= 0.6 is 0 Å². The van der Waals surface area contributed by atoms with Gasteiger partial charge < -0.3 is 19.7 Å². The van der Waals surface area contributed by atoms with E-state index in [-0.39, 0.29) is 25.0 Å². The molecule has 1 N–H and O–H groups in total. The molecule has 0 aromatic heterocycles. The number of hydrogen-bond acceptors (Lipinski definition) is 4. The summed E-state index contributed by atoms with van der Waals surface area (Å²) in [6.07, 6.45) is 0. The number of ether oxygens (including phenoxy) is 2. The highest BCUT2D eigenvalue weighted by molar-refractivity contribution is 5.87. The second kappa shape index (κ2) is 10.3. The summed E-state index contributed by atoms with van der Waals surface area (Å²) in [6, 6.07) is 14.3. The lowest BCUT2D eigenvalue weighted by molar-refractivity contribution is -0.142. The van der Waals surface area contributed by atoms with E-state index in [0.29, 0.717) is 18.0 Å². The Hall–Kier alpha value is -3.02. The first kappa shape index (κ1) is 21.3. The molecule has 0 bridgehead atoms. The number of hydrogen-bond donors (Lipinski definition) is 1. The van der Waals surface area contributed by atoms with Crippen molar-refractivity contribution in [3.8, 4) is 11.5 Å². The molecule has 6 heteroatoms. The molecule has 2 aromatic rings. The lowest BCUT2D eigenvalue weighted by atomic mass is 10.1. The Kier molecular flexibility index (Phi) is 7.87. The second-order valence-corrected chi connectivity index (χ2v) is 6.55. The van der Waals surface area contributed by atoms with Crippen molar-refractivity contribution >= 4 is 11.8 Å². The van der Waals surface area contributed by atoms with E-state index in [9.17, 15) is 9.59 Å². The fourth-order valence-corrected chi connectivity index (χ4v) is 2.73. The van der Waals surface area contributed by atoms with E-state index >= 15 is 0 Å². The van der Waals surface area contributed by atoms with Crippen LogP contribution in [0.3, 0.4) is 0 Å². The zero-order chi connectivity index (χ0) is 20.5. The van der Waals surface area contributed by atoms with Gasteiger partial charge in [-0.25, -0.2) is 0 Å². The fraction of sp³-hybridized carbons (Fsp3) is 0.364. The predicted octanol–water partition coefficient (Wildman–Crippen LogP) is 2.94. The minimum Gasteiger partial charge on any atom is -0.497 e. The summed E-state index contributed by atoms with van der Waals surface area (Å²) < 4.78 is 10.9. The molecule has 150 valence electrons. The number of aryl methyl sites for hydroxylation is 1. The lowest BCUT2D eigenvalue weighted by Gasteiger charge is -2.28. The molecule has 0 saturated heterocycles. The number of carbonyl (C=O) groups excluding carboxylic acids is 2. The molecule has 1 atom stereocenters. The Bertz CT molecular complexity index is 789. The third-order valence-electron chi connectivity index (χ3n) is 4.39. The van der Waals surface area contributed by atoms with Crippen LogP contribution in [0.1, 0.15) is 25.0 Å². The van der Waals surface area contributed by atoms with Crippen LogP contribution in [0.5, 0.6) is 11.5 Å². The molecule has 0 aliphatic heterocycles. The third-order valence-corrected chi connectivity index (χ3v) is 4.39. The van der Waals surface area contributed by atoms with Crippen LogP contribution in [0.15, 0.2) is 48.5 Å². The van der Waals surface area contributed by atoms with Crippen molar-refractivity contribution in [1.29, 1.82) is 0 Å². The van der Waals surface area contributed by atoms with E-state index in [0.717, 1.165) is 11.1 Å². The topological polar surface area (TPSA) is 67.9 Å². The summed E-state index contributed by atoms with van der Waals surface area (Å²) in [5.74, 6) is 0.855. The number of carbonyl (C=O) groups is 2. The first-order chi connectivity index (χ1) is 13.4. The fourth-order valence-electron chi connectivity index (χ4n) is 2.73. The molecule has 0 aliphatic rings. The van der Waals surface area contributed by atoms with Crippen molar-refractivity contribution in [1.82, 2.24) is 10.2 Å². The van der Waals surface area contributed by atoms with E-state index in [4.69, 9.17) is 9.47 Å². The lowest BCUT2D eigenvalue weighted by Crippen LogP contribution is -2.49. The summed E-state index contributed by atoms with van der Waals surface area (Å²) in [7, 11) is 1.59. The van der Waals surface area contributed by atoms with Gasteiger partial charge in [-0.1, -0.05) is 29.8 Å². The maximum atomic E-state index is 12.9. The van der Waals surface area contributed by atoms with Gasteiger partial charge in [0.25, 0.3) is 5.91 Å². The van der Waals surface area contributed by atoms with Gasteiger partial charge >= 0.3 is 0 Å². The third kappa shape index (κ3) is 6.01. The number of amides is 2. The molecule has 0 saturated carbocycles. The van der Waals surface area contributed by atoms with Gasteiger partial charge in [0.1, 0.15) is 17.5 Å². The summed E-state index contributed by atoms with van der Waals surface area (Å²) in [5, 5.41) is 2.77. The van der Waals surface area contributed by atoms with Gasteiger partial charge in [-0.3, -0.25) is 9.59 Å². The van der Waals surface area contributed by atoms with Crippen LogP contribution in [0.25, 0.3) is 0 Å². The van der Waals surface area contributed by atoms with E-state index in [1.807, 2.05) is 62.4 Å². The molecule has 6 nitrogen and oxygen atoms in total. The van der Waals surface area contributed by atoms with Gasteiger partial charge in [0.05, 0.1) is 7.11 Å². The number of rotatable bonds is 9. The smallest absolute Gasteiger partial charge is 0.261 e. The zero-order valence-electron chi connectivity index (χ0n) is 16.9. The molecule has 2 rings (SSSR count). The maximum Gasteiger partial charge on any atom is 0.261 e. The minimum atomic E-state index is -0.625. The molecule has 2 amide bonds. The Morgan fingerprint density at radius 2 is 1.82 bits per heavy atom. The van der Waals surface area contributed by atoms with Gasteiger partial charge in [-0.15, -0.1) is 0 Å². The monoisotopic (exact) mass is 384 g/mol. The second-order valence-electron chi connectivity index (χ2n) is 6.55. The van der Waals surface area contributed by atoms with Crippen LogP contribution in [-0.4, -0.2) is 43.0 Å². The minimum absolute atomic E-state index is 0.142. The van der Waals surface area contributed by atoms with Gasteiger partial charge in [0, 0.05) is 13.1 Å². The molecular weight excluding hydrogens is 356 g/mol. The van der Waals surface area contributed by atoms with Crippen LogP contribution in [0.2, 0.25) is 0 Å². The quantitative estimate of drug-likeness (QED) is 0.722. The Morgan fingerprint density at radius 1 is 1.11 bits per heavy atom. The van der Waals surface area contributed by atoms with Crippen molar-refractivity contribution in [2.24, 2.45) is 0 Å². The average Bonchev–Trinajstić information content (AvgIpc) is 2.71. The zero-order valence-corrected chi connectivity index (χ0v) is 16.9. The summed E-state index contributed by atoms with van der Waals surface area (Å²) in [6.45, 7) is 6.19. The first-order valence-corrected chi connectivity index (χ1v) is 9.34. The highest BCUT2D eigenvalue weighted by Crippen LogP contribution is 2.17. The van der Waals surface area contributed by atoms with Gasteiger partial charge in [-0.2, -0.15) is 0 Å². The van der Waals surface area contributed by atoms with Gasteiger partial charge in [0.2, 0.25) is 5.91 Å². The highest BCUT2D eigenvalue weighted by atomic mass is 16.5. The molecule has 2 aromatic carbocycles. The molecular formula is C22H28N2O4. The number of nitrogens with one attached hydrogen (secondary N) is 1. The maximum absolute atomic E-state index is 12.9. The van der Waals surface area contributed by atoms with E-state index in [2.05, 4.69) is 5.32 Å². The summed E-state index contributed by atoms with van der Waals surface area (Å²) >= 11 is 0. The molecule has 0 aliphatic carbocycles. The molecule has 0 radical (unpaired) electrons. The normalized spacial score (nSPS) is 11.4. The van der Waals surface area contributed by atoms with E-state index < -0.39 is 6.04 Å². The molecule has 0 heterocycles. The summed E-state index contributed by atoms with van der Waals surface area (Å²) in [4.78, 5) is 26.7. The van der Waals surface area contributed by atoms with E-state index in [1.165, 1.54) is 4.90 Å². The molecule has 0 fully saturated rings. The van der Waals surface area contributed by atoms with Gasteiger partial charge in [-0.05, 0) is 50.6 Å². The Morgan fingerprint density at radius 3 is 2.46 bits per heavy atom. The van der Waals surface area contributed by atoms with Crippen molar-refractivity contribution in [2.45, 2.75) is 33.4 Å². The molecule has 28 heavy (non-hydrogen) atoms. The van der Waals surface area contributed by atoms with Crippen LogP contribution in [0.4, 0.5) is 0 Å². The van der Waals surface area contributed by atoms with Crippen molar-refractivity contribution in [3.05, 3.63) is 59.7 Å². The van der Waals surface area contributed by atoms with Crippen LogP contribution in [0, 0.1) is 6.92 Å². The Balaban J connectivity index is 2.14. The van der Waals surface area contributed by atoms with E-state index in [1.54, 1.807) is 14.0 Å². The molecule has 0 spiro atoms. The Labute approximate surface area is 166 Å². The van der Waals surface area contributed by atoms with Crippen LogP contribution < -0.4 is 14.8 Å². The van der Waals surface area contributed by atoms with Crippen molar-refractivity contribution in [3.63, 3.8) is 0 Å². The van der Waals surface area contributed by atoms with Crippen LogP contribution in [-0.2, 0) is 16.1 Å². The van der Waals surface area contributed by atoms with Crippen molar-refractivity contribution < 1.29 is 19.1 Å². The predicted molar refractivity (Wildman–Crippen MR) is 108 cm³/mol. The number of nitrogens with zero attached hydrogens (tertiary/aromatic N) is 1. The SMILES string of the molecule is CCNC(=O)[C@H](C)N(Cc1cccc(OC)c1)C(=O)COc1ccc(C)cc1. The molecule has 0 unspecified atom stereocenters. The largest absolute Gasteiger partial charge is 0.497 e. The van der Waals surface area contributed by atoms with Gasteiger partial charge in [0.15, 0.2) is 6.61 Å². The number of benzene rings is 2. The number of likely N-dealkylation sites (N-methyl/N-ethyl adjacent to an activating group) is 1. The highest BCUT2D eigenvalue weighted by Gasteiger charge is 2.26.